The molecule has 1 unspecified atom stereocenters. The van der Waals surface area contributed by atoms with Gasteiger partial charge in [0.2, 0.25) is 5.78 Å². The maximum atomic E-state index is 14.2. The van der Waals surface area contributed by atoms with Crippen LogP contribution in [-0.4, -0.2) is 26.8 Å². The van der Waals surface area contributed by atoms with Crippen LogP contribution < -0.4 is 0 Å². The van der Waals surface area contributed by atoms with Gasteiger partial charge in [0.05, 0.1) is 5.56 Å². The van der Waals surface area contributed by atoms with E-state index in [2.05, 4.69) is 79.4 Å². The van der Waals surface area contributed by atoms with Gasteiger partial charge in [0.25, 0.3) is 0 Å². The number of nitrogens with zero attached hydrogens (tertiary/aromatic N) is 2. The minimum Gasteiger partial charge on any atom is -0.478 e. The fourth-order valence-corrected chi connectivity index (χ4v) is 7.13. The number of Topliss-reactive ketones (excluding diaryl/α,β-unsaturated/α-hetero) is 1. The van der Waals surface area contributed by atoms with Crippen molar-refractivity contribution in [1.82, 2.24) is 9.97 Å². The van der Waals surface area contributed by atoms with E-state index in [0.717, 1.165) is 60.1 Å². The molecule has 1 atom stereocenters. The van der Waals surface area contributed by atoms with E-state index in [1.54, 1.807) is 12.3 Å². The molecule has 0 saturated heterocycles. The number of ketones is 1. The van der Waals surface area contributed by atoms with E-state index in [0.29, 0.717) is 34.7 Å². The molecule has 6 heteroatoms. The molecule has 1 fully saturated rings. The lowest BCUT2D eigenvalue weighted by molar-refractivity contribution is 0.0695. The van der Waals surface area contributed by atoms with Crippen LogP contribution in [0.4, 0.5) is 0 Å². The predicted octanol–water partition coefficient (Wildman–Crippen LogP) is 10.7. The zero-order valence-electron chi connectivity index (χ0n) is 29.3. The number of rotatable bonds is 11. The van der Waals surface area contributed by atoms with Gasteiger partial charge in [-0.2, -0.15) is 0 Å². The fourth-order valence-electron chi connectivity index (χ4n) is 7.13. The Hall–Kier alpha value is -3.28. The van der Waals surface area contributed by atoms with Gasteiger partial charge >= 0.3 is 5.97 Å². The number of aromatic nitrogens is 2. The molecule has 1 aliphatic carbocycles. The number of fused-ring (bicyclic) bond motifs is 1. The highest BCUT2D eigenvalue weighted by molar-refractivity contribution is 6.08. The van der Waals surface area contributed by atoms with E-state index in [1.165, 1.54) is 12.8 Å². The summed E-state index contributed by atoms with van der Waals surface area (Å²) in [7, 11) is 0. The molecule has 244 valence electrons. The van der Waals surface area contributed by atoms with Gasteiger partial charge in [-0.3, -0.25) is 9.78 Å². The van der Waals surface area contributed by atoms with Gasteiger partial charge in [0, 0.05) is 35.1 Å². The van der Waals surface area contributed by atoms with Crippen LogP contribution in [-0.2, 0) is 5.41 Å². The van der Waals surface area contributed by atoms with Gasteiger partial charge < -0.3 is 9.52 Å². The average Bonchev–Trinajstić information content (AvgIpc) is 3.37. The maximum absolute atomic E-state index is 14.2. The number of carbonyl (C=O) groups is 2. The molecule has 3 aromatic heterocycles. The summed E-state index contributed by atoms with van der Waals surface area (Å²) in [4.78, 5) is 35.5. The quantitative estimate of drug-likeness (QED) is 0.171. The van der Waals surface area contributed by atoms with E-state index in [1.807, 2.05) is 13.0 Å². The highest BCUT2D eigenvalue weighted by atomic mass is 16.4. The second-order valence-corrected chi connectivity index (χ2v) is 16.1. The van der Waals surface area contributed by atoms with E-state index >= 15 is 0 Å². The van der Waals surface area contributed by atoms with Crippen LogP contribution >= 0.6 is 0 Å². The molecule has 1 saturated carbocycles. The lowest BCUT2D eigenvalue weighted by Gasteiger charge is -2.34. The Labute approximate surface area is 270 Å². The van der Waals surface area contributed by atoms with Gasteiger partial charge in [0.1, 0.15) is 5.52 Å². The van der Waals surface area contributed by atoms with E-state index in [9.17, 15) is 14.7 Å². The number of furan rings is 1. The van der Waals surface area contributed by atoms with Crippen LogP contribution in [0, 0.1) is 17.8 Å². The number of unbranched alkanes of at least 4 members (excludes halogenated alkanes) is 1. The number of carboxylic acids is 1. The fraction of sp³-hybridized carbons (Fsp3) is 0.590. The second-order valence-electron chi connectivity index (χ2n) is 16.1. The standard InChI is InChI=1S/C39H54N2O4/c1-11-12-13-27(23-39(9,10)22-24(2)33-25(3)28(36(43)44)16-19-40-33)34(42)32-21-31-35(45-32)29(37(4,5)6)20-30(41-31)26-14-17-38(7,8)18-15-26/h13,16,19-21,24,26H,11-12,14-15,17-18,22-23H2,1-10H3,(H,43,44)/b27-13-. The number of aromatic carboxylic acids is 1. The van der Waals surface area contributed by atoms with Gasteiger partial charge in [-0.15, -0.1) is 0 Å². The number of hydrogen-bond acceptors (Lipinski definition) is 5. The zero-order valence-corrected chi connectivity index (χ0v) is 29.3. The lowest BCUT2D eigenvalue weighted by Crippen LogP contribution is -2.21. The van der Waals surface area contributed by atoms with Crippen molar-refractivity contribution in [3.05, 3.63) is 69.9 Å². The second kappa shape index (κ2) is 13.2. The first kappa shape index (κ1) is 34.6. The van der Waals surface area contributed by atoms with E-state index < -0.39 is 5.97 Å². The Balaban J connectivity index is 1.64. The largest absolute Gasteiger partial charge is 0.478 e. The van der Waals surface area contributed by atoms with E-state index in [-0.39, 0.29) is 28.1 Å². The normalized spacial score (nSPS) is 17.1. The summed E-state index contributed by atoms with van der Waals surface area (Å²) >= 11 is 0. The zero-order chi connectivity index (χ0) is 33.3. The van der Waals surface area contributed by atoms with Gasteiger partial charge in [-0.05, 0) is 97.3 Å². The van der Waals surface area contributed by atoms with Crippen LogP contribution in [0.15, 0.2) is 40.5 Å². The minimum absolute atomic E-state index is 0.0235. The summed E-state index contributed by atoms with van der Waals surface area (Å²) in [6.07, 6.45) is 11.4. The average molecular weight is 615 g/mol. The molecule has 0 amide bonds. The molecule has 0 bridgehead atoms. The predicted molar refractivity (Wildman–Crippen MR) is 182 cm³/mol. The molecule has 3 heterocycles. The van der Waals surface area contributed by atoms with Crippen molar-refractivity contribution in [2.45, 2.75) is 138 Å². The third-order valence-electron chi connectivity index (χ3n) is 9.73. The Kier molecular flexibility index (Phi) is 10.2. The summed E-state index contributed by atoms with van der Waals surface area (Å²) in [5.41, 5.74) is 6.22. The SMILES string of the molecule is CCC/C=C(/CC(C)(C)CC(C)c1nccc(C(=O)O)c1C)C(=O)c1cc2nc(C3CCC(C)(C)CC3)cc(C(C)(C)C)c2o1. The molecule has 1 aliphatic rings. The van der Waals surface area contributed by atoms with Crippen molar-refractivity contribution in [1.29, 1.82) is 0 Å². The minimum atomic E-state index is -0.942. The first-order chi connectivity index (χ1) is 20.9. The van der Waals surface area contributed by atoms with Crippen molar-refractivity contribution in [2.24, 2.45) is 10.8 Å². The van der Waals surface area contributed by atoms with Crippen molar-refractivity contribution in [2.75, 3.05) is 0 Å². The van der Waals surface area contributed by atoms with Crippen molar-refractivity contribution < 1.29 is 19.1 Å². The summed E-state index contributed by atoms with van der Waals surface area (Å²) in [5, 5.41) is 9.60. The summed E-state index contributed by atoms with van der Waals surface area (Å²) in [6.45, 7) is 21.7. The number of hydrogen-bond donors (Lipinski definition) is 1. The first-order valence-electron chi connectivity index (χ1n) is 16.8. The molecule has 0 aliphatic heterocycles. The Morgan fingerprint density at radius 3 is 2.40 bits per heavy atom. The van der Waals surface area contributed by atoms with Crippen LogP contribution in [0.5, 0.6) is 0 Å². The number of allylic oxidation sites excluding steroid dienone is 2. The maximum Gasteiger partial charge on any atom is 0.336 e. The topological polar surface area (TPSA) is 93.3 Å². The molecule has 6 nitrogen and oxygen atoms in total. The van der Waals surface area contributed by atoms with Crippen molar-refractivity contribution in [3.63, 3.8) is 0 Å². The number of carbonyl (C=O) groups excluding carboxylic acids is 1. The van der Waals surface area contributed by atoms with E-state index in [4.69, 9.17) is 9.40 Å². The van der Waals surface area contributed by atoms with Crippen LogP contribution in [0.25, 0.3) is 11.1 Å². The smallest absolute Gasteiger partial charge is 0.336 e. The van der Waals surface area contributed by atoms with Crippen LogP contribution in [0.1, 0.15) is 169 Å². The molecule has 45 heavy (non-hydrogen) atoms. The lowest BCUT2D eigenvalue weighted by atomic mass is 9.72. The molecular weight excluding hydrogens is 560 g/mol. The van der Waals surface area contributed by atoms with Crippen LogP contribution in [0.3, 0.4) is 0 Å². The number of pyridine rings is 2. The Morgan fingerprint density at radius 2 is 1.80 bits per heavy atom. The molecule has 1 N–H and O–H groups in total. The highest BCUT2D eigenvalue weighted by Crippen LogP contribution is 2.44. The molecule has 0 aromatic carbocycles. The Morgan fingerprint density at radius 1 is 1.13 bits per heavy atom. The third kappa shape index (κ3) is 8.12. The third-order valence-corrected chi connectivity index (χ3v) is 9.73. The highest BCUT2D eigenvalue weighted by Gasteiger charge is 2.32. The molecular formula is C39H54N2O4. The molecule has 0 spiro atoms. The molecule has 0 radical (unpaired) electrons. The molecule has 4 rings (SSSR count). The van der Waals surface area contributed by atoms with Gasteiger partial charge in [-0.25, -0.2) is 9.78 Å². The first-order valence-corrected chi connectivity index (χ1v) is 16.8. The van der Waals surface area contributed by atoms with Gasteiger partial charge in [-0.1, -0.05) is 74.8 Å². The summed E-state index contributed by atoms with van der Waals surface area (Å²) in [6, 6.07) is 5.65. The van der Waals surface area contributed by atoms with Crippen molar-refractivity contribution in [3.8, 4) is 0 Å². The van der Waals surface area contributed by atoms with Crippen LogP contribution in [0.2, 0.25) is 0 Å². The monoisotopic (exact) mass is 614 g/mol. The summed E-state index contributed by atoms with van der Waals surface area (Å²) < 4.78 is 6.42. The number of carboxylic acid groups (broad SMARTS) is 1. The van der Waals surface area contributed by atoms with Gasteiger partial charge in [0.15, 0.2) is 11.3 Å². The molecule has 3 aromatic rings. The van der Waals surface area contributed by atoms with Crippen molar-refractivity contribution >= 4 is 22.9 Å². The summed E-state index contributed by atoms with van der Waals surface area (Å²) in [5.74, 6) is -0.222. The Bertz CT molecular complexity index is 1570.